The Balaban J connectivity index is 1.64. The minimum atomic E-state index is -0.0346. The highest BCUT2D eigenvalue weighted by atomic mass is 16.5. The molecule has 1 aliphatic rings. The van der Waals surface area contributed by atoms with E-state index in [4.69, 9.17) is 9.47 Å². The van der Waals surface area contributed by atoms with E-state index in [2.05, 4.69) is 16.7 Å². The smallest absolute Gasteiger partial charge is 0.246 e. The van der Waals surface area contributed by atoms with E-state index in [0.717, 1.165) is 25.3 Å². The normalized spacial score (nSPS) is 19.0. The van der Waals surface area contributed by atoms with Crippen LogP contribution in [0, 0.1) is 0 Å². The monoisotopic (exact) mass is 264 g/mol. The van der Waals surface area contributed by atoms with Crippen LogP contribution in [0.5, 0.6) is 5.75 Å². The second-order valence-corrected chi connectivity index (χ2v) is 4.54. The van der Waals surface area contributed by atoms with Crippen LogP contribution >= 0.6 is 0 Å². The van der Waals surface area contributed by atoms with Gasteiger partial charge in [0.05, 0.1) is 13.2 Å². The molecule has 19 heavy (non-hydrogen) atoms. The van der Waals surface area contributed by atoms with E-state index in [9.17, 15) is 4.79 Å². The summed E-state index contributed by atoms with van der Waals surface area (Å²) in [6.07, 6.45) is 1.01. The molecule has 2 rings (SSSR count). The fourth-order valence-electron chi connectivity index (χ4n) is 1.99. The van der Waals surface area contributed by atoms with E-state index < -0.39 is 0 Å². The molecule has 1 aromatic rings. The number of hydrogen-bond donors (Lipinski definition) is 2. The van der Waals surface area contributed by atoms with Crippen molar-refractivity contribution in [2.24, 2.45) is 0 Å². The van der Waals surface area contributed by atoms with Gasteiger partial charge in [0, 0.05) is 13.1 Å². The fourth-order valence-corrected chi connectivity index (χ4v) is 1.99. The van der Waals surface area contributed by atoms with E-state index in [0.29, 0.717) is 6.54 Å². The maximum atomic E-state index is 10.9. The molecule has 0 aromatic heterocycles. The Hall–Kier alpha value is -1.59. The van der Waals surface area contributed by atoms with Gasteiger partial charge in [-0.1, -0.05) is 12.1 Å². The molecule has 1 atom stereocenters. The van der Waals surface area contributed by atoms with Gasteiger partial charge in [0.25, 0.3) is 0 Å². The number of methoxy groups -OCH3 is 1. The number of hydrogen-bond acceptors (Lipinski definition) is 4. The van der Waals surface area contributed by atoms with Crippen molar-refractivity contribution in [2.75, 3.05) is 33.4 Å². The summed E-state index contributed by atoms with van der Waals surface area (Å²) in [5, 5.41) is 6.12. The zero-order chi connectivity index (χ0) is 13.5. The molecule has 1 heterocycles. The van der Waals surface area contributed by atoms with Crippen LogP contribution in [-0.2, 0) is 16.0 Å². The summed E-state index contributed by atoms with van der Waals surface area (Å²) in [5.41, 5.74) is 1.24. The van der Waals surface area contributed by atoms with Crippen LogP contribution in [0.3, 0.4) is 0 Å². The summed E-state index contributed by atoms with van der Waals surface area (Å²) in [6, 6.07) is 8.06. The fraction of sp³-hybridized carbons (Fsp3) is 0.500. The largest absolute Gasteiger partial charge is 0.497 e. The molecule has 5 heteroatoms. The molecule has 0 saturated carbocycles. The maximum Gasteiger partial charge on any atom is 0.246 e. The van der Waals surface area contributed by atoms with Crippen molar-refractivity contribution < 1.29 is 14.3 Å². The summed E-state index contributed by atoms with van der Waals surface area (Å²) in [7, 11) is 1.67. The number of carbonyl (C=O) groups is 1. The van der Waals surface area contributed by atoms with Gasteiger partial charge in [-0.05, 0) is 30.7 Å². The van der Waals surface area contributed by atoms with Gasteiger partial charge in [-0.15, -0.1) is 0 Å². The molecular weight excluding hydrogens is 244 g/mol. The van der Waals surface area contributed by atoms with Crippen LogP contribution in [-0.4, -0.2) is 45.4 Å². The van der Waals surface area contributed by atoms with E-state index in [-0.39, 0.29) is 18.6 Å². The average molecular weight is 264 g/mol. The molecular formula is C14H20N2O3. The highest BCUT2D eigenvalue weighted by molar-refractivity contribution is 5.77. The average Bonchev–Trinajstić information content (AvgIpc) is 2.46. The van der Waals surface area contributed by atoms with Gasteiger partial charge in [0.1, 0.15) is 12.4 Å². The lowest BCUT2D eigenvalue weighted by molar-refractivity contribution is -0.132. The second-order valence-electron chi connectivity index (χ2n) is 4.54. The number of nitrogens with one attached hydrogen (secondary N) is 2. The van der Waals surface area contributed by atoms with Crippen LogP contribution in [0.15, 0.2) is 24.3 Å². The zero-order valence-corrected chi connectivity index (χ0v) is 11.1. The summed E-state index contributed by atoms with van der Waals surface area (Å²) >= 11 is 0. The van der Waals surface area contributed by atoms with Gasteiger partial charge in [-0.3, -0.25) is 4.79 Å². The molecule has 1 saturated heterocycles. The molecule has 0 radical (unpaired) electrons. The third-order valence-electron chi connectivity index (χ3n) is 3.07. The first-order chi connectivity index (χ1) is 9.28. The number of amides is 1. The van der Waals surface area contributed by atoms with Crippen LogP contribution < -0.4 is 15.4 Å². The Labute approximate surface area is 113 Å². The number of morpholine rings is 1. The minimum absolute atomic E-state index is 0.0346. The predicted molar refractivity (Wildman–Crippen MR) is 72.3 cm³/mol. The lowest BCUT2D eigenvalue weighted by atomic mass is 10.1. The molecule has 1 amide bonds. The van der Waals surface area contributed by atoms with Crippen molar-refractivity contribution in [3.8, 4) is 5.75 Å². The first kappa shape index (κ1) is 13.8. The summed E-state index contributed by atoms with van der Waals surface area (Å²) in [6.45, 7) is 2.39. The molecule has 2 N–H and O–H groups in total. The Kier molecular flexibility index (Phi) is 5.18. The molecule has 104 valence electrons. The van der Waals surface area contributed by atoms with Crippen molar-refractivity contribution >= 4 is 5.91 Å². The van der Waals surface area contributed by atoms with Crippen molar-refractivity contribution in [1.82, 2.24) is 10.6 Å². The third-order valence-corrected chi connectivity index (χ3v) is 3.07. The highest BCUT2D eigenvalue weighted by Crippen LogP contribution is 2.12. The summed E-state index contributed by atoms with van der Waals surface area (Å²) in [5.74, 6) is 0.850. The van der Waals surface area contributed by atoms with Crippen LogP contribution in [0.1, 0.15) is 5.56 Å². The van der Waals surface area contributed by atoms with Gasteiger partial charge in [0.15, 0.2) is 0 Å². The van der Waals surface area contributed by atoms with Crippen LogP contribution in [0.2, 0.25) is 0 Å². The minimum Gasteiger partial charge on any atom is -0.497 e. The van der Waals surface area contributed by atoms with Crippen molar-refractivity contribution in [3.05, 3.63) is 29.8 Å². The van der Waals surface area contributed by atoms with E-state index in [1.165, 1.54) is 5.56 Å². The molecule has 5 nitrogen and oxygen atoms in total. The third kappa shape index (κ3) is 4.54. The maximum absolute atomic E-state index is 10.9. The van der Waals surface area contributed by atoms with Gasteiger partial charge in [-0.25, -0.2) is 0 Å². The summed E-state index contributed by atoms with van der Waals surface area (Å²) in [4.78, 5) is 10.9. The lowest BCUT2D eigenvalue weighted by Gasteiger charge is -2.23. The number of carbonyl (C=O) groups excluding carboxylic acids is 1. The van der Waals surface area contributed by atoms with Gasteiger partial charge in [0.2, 0.25) is 5.91 Å². The second kappa shape index (κ2) is 7.11. The first-order valence-corrected chi connectivity index (χ1v) is 6.50. The van der Waals surface area contributed by atoms with E-state index in [1.54, 1.807) is 7.11 Å². The Morgan fingerprint density at radius 3 is 3.16 bits per heavy atom. The topological polar surface area (TPSA) is 59.6 Å². The van der Waals surface area contributed by atoms with Gasteiger partial charge < -0.3 is 20.1 Å². The van der Waals surface area contributed by atoms with Crippen LogP contribution in [0.25, 0.3) is 0 Å². The first-order valence-electron chi connectivity index (χ1n) is 6.50. The van der Waals surface area contributed by atoms with Crippen molar-refractivity contribution in [3.63, 3.8) is 0 Å². The molecule has 0 spiro atoms. The zero-order valence-electron chi connectivity index (χ0n) is 11.1. The van der Waals surface area contributed by atoms with E-state index >= 15 is 0 Å². The summed E-state index contributed by atoms with van der Waals surface area (Å²) < 4.78 is 10.6. The standard InChI is InChI=1S/C14H20N2O3/c1-18-12-4-2-3-11(7-12)5-6-15-8-13-9-16-14(17)10-19-13/h2-4,7,13,15H,5-6,8-10H2,1H3,(H,16,17). The molecule has 1 aromatic carbocycles. The number of rotatable bonds is 6. The molecule has 1 fully saturated rings. The number of ether oxygens (including phenoxy) is 2. The molecule has 0 bridgehead atoms. The van der Waals surface area contributed by atoms with Crippen molar-refractivity contribution in [2.45, 2.75) is 12.5 Å². The van der Waals surface area contributed by atoms with Crippen LogP contribution in [0.4, 0.5) is 0 Å². The van der Waals surface area contributed by atoms with Gasteiger partial charge in [-0.2, -0.15) is 0 Å². The highest BCUT2D eigenvalue weighted by Gasteiger charge is 2.17. The quantitative estimate of drug-likeness (QED) is 0.728. The predicted octanol–water partition coefficient (Wildman–Crippen LogP) is 0.342. The van der Waals surface area contributed by atoms with Crippen molar-refractivity contribution in [1.29, 1.82) is 0 Å². The molecule has 1 unspecified atom stereocenters. The van der Waals surface area contributed by atoms with Gasteiger partial charge >= 0.3 is 0 Å². The molecule has 0 aliphatic carbocycles. The molecule has 1 aliphatic heterocycles. The van der Waals surface area contributed by atoms with E-state index in [1.807, 2.05) is 18.2 Å². The Morgan fingerprint density at radius 2 is 2.42 bits per heavy atom. The Morgan fingerprint density at radius 1 is 1.53 bits per heavy atom. The Bertz CT molecular complexity index is 413. The lowest BCUT2D eigenvalue weighted by Crippen LogP contribution is -2.47. The SMILES string of the molecule is COc1cccc(CCNCC2CNC(=O)CO2)c1. The number of benzene rings is 1.